The van der Waals surface area contributed by atoms with Crippen molar-refractivity contribution >= 4 is 22.0 Å². The number of hydrogen-bond donors (Lipinski definition) is 1. The molecule has 1 N–H and O–H groups in total. The summed E-state index contributed by atoms with van der Waals surface area (Å²) in [5, 5.41) is 2.47. The van der Waals surface area contributed by atoms with Crippen LogP contribution < -0.4 is 5.32 Å². The third-order valence-corrected chi connectivity index (χ3v) is 3.79. The molecule has 0 aromatic rings. The Labute approximate surface area is 133 Å². The molecule has 0 unspecified atom stereocenters. The highest BCUT2D eigenvalue weighted by atomic mass is 32.2. The van der Waals surface area contributed by atoms with E-state index in [2.05, 4.69) is 5.32 Å². The normalized spacial score (nSPS) is 14.2. The summed E-state index contributed by atoms with van der Waals surface area (Å²) in [5.41, 5.74) is -0.990. The molecule has 0 aliphatic carbocycles. The van der Waals surface area contributed by atoms with E-state index in [1.54, 1.807) is 20.8 Å². The number of rotatable bonds is 4. The van der Waals surface area contributed by atoms with Crippen LogP contribution in [0, 0.1) is 5.41 Å². The molecule has 8 heteroatoms. The number of hydrogen-bond acceptors (Lipinski definition) is 5. The van der Waals surface area contributed by atoms with Crippen molar-refractivity contribution in [2.75, 3.05) is 13.3 Å². The number of carbonyl (C=O) groups is 2. The van der Waals surface area contributed by atoms with Crippen LogP contribution in [0.1, 0.15) is 48.0 Å². The van der Waals surface area contributed by atoms with Crippen molar-refractivity contribution in [3.63, 3.8) is 0 Å². The van der Waals surface area contributed by atoms with Gasteiger partial charge in [-0.05, 0) is 32.6 Å². The number of ether oxygens (including phenoxy) is 1. The molecule has 0 fully saturated rings. The molecule has 130 valence electrons. The van der Waals surface area contributed by atoms with Crippen molar-refractivity contribution in [3.05, 3.63) is 0 Å². The lowest BCUT2D eigenvalue weighted by molar-refractivity contribution is -0.128. The number of carbonyl (C=O) groups excluding carboxylic acids is 2. The third-order valence-electron chi connectivity index (χ3n) is 2.61. The van der Waals surface area contributed by atoms with Gasteiger partial charge in [-0.25, -0.2) is 17.5 Å². The number of nitrogens with one attached hydrogen (secondary N) is 1. The highest BCUT2D eigenvalue weighted by Gasteiger charge is 2.33. The van der Waals surface area contributed by atoms with Crippen LogP contribution in [0.15, 0.2) is 0 Å². The number of likely N-dealkylation sites (N-methyl/N-ethyl adjacent to an activating group) is 1. The molecule has 0 saturated carbocycles. The van der Waals surface area contributed by atoms with Gasteiger partial charge in [0.15, 0.2) is 0 Å². The van der Waals surface area contributed by atoms with Gasteiger partial charge in [0, 0.05) is 7.05 Å². The smallest absolute Gasteiger partial charge is 0.408 e. The van der Waals surface area contributed by atoms with Crippen molar-refractivity contribution in [1.82, 2.24) is 9.62 Å². The zero-order valence-electron chi connectivity index (χ0n) is 14.7. The van der Waals surface area contributed by atoms with Gasteiger partial charge in [-0.1, -0.05) is 20.8 Å². The average molecular weight is 336 g/mol. The van der Waals surface area contributed by atoms with Gasteiger partial charge < -0.3 is 10.1 Å². The van der Waals surface area contributed by atoms with E-state index < -0.39 is 33.7 Å². The van der Waals surface area contributed by atoms with Crippen molar-refractivity contribution in [2.45, 2.75) is 59.6 Å². The Morgan fingerprint density at radius 1 is 1.14 bits per heavy atom. The lowest BCUT2D eigenvalue weighted by Crippen LogP contribution is -2.51. The van der Waals surface area contributed by atoms with E-state index in [0.29, 0.717) is 4.31 Å². The summed E-state index contributed by atoms with van der Waals surface area (Å²) in [6.45, 7) is 10.8. The molecule has 22 heavy (non-hydrogen) atoms. The molecule has 0 aliphatic rings. The molecule has 0 aromatic heterocycles. The maximum Gasteiger partial charge on any atom is 0.408 e. The zero-order chi connectivity index (χ0) is 17.9. The van der Waals surface area contributed by atoms with Crippen LogP contribution in [0.4, 0.5) is 4.79 Å². The molecular weight excluding hydrogens is 308 g/mol. The molecule has 0 rings (SSSR count). The maximum atomic E-state index is 12.3. The number of sulfonamides is 1. The second-order valence-electron chi connectivity index (χ2n) is 7.53. The van der Waals surface area contributed by atoms with Crippen molar-refractivity contribution in [2.24, 2.45) is 5.41 Å². The Morgan fingerprint density at radius 2 is 1.59 bits per heavy atom. The van der Waals surface area contributed by atoms with Gasteiger partial charge in [-0.3, -0.25) is 4.79 Å². The summed E-state index contributed by atoms with van der Waals surface area (Å²) in [6.07, 6.45) is 0.467. The topological polar surface area (TPSA) is 92.8 Å². The molecule has 0 radical (unpaired) electrons. The van der Waals surface area contributed by atoms with E-state index in [1.807, 2.05) is 20.8 Å². The van der Waals surface area contributed by atoms with Gasteiger partial charge in [0.05, 0.1) is 6.26 Å². The first kappa shape index (κ1) is 20.7. The Morgan fingerprint density at radius 3 is 1.91 bits per heavy atom. The molecule has 0 spiro atoms. The highest BCUT2D eigenvalue weighted by molar-refractivity contribution is 7.88. The van der Waals surface area contributed by atoms with E-state index in [0.717, 1.165) is 6.26 Å². The molecule has 7 nitrogen and oxygen atoms in total. The van der Waals surface area contributed by atoms with Gasteiger partial charge in [0.2, 0.25) is 10.0 Å². The molecule has 2 amide bonds. The number of amides is 2. The average Bonchev–Trinajstić information content (AvgIpc) is 2.20. The minimum absolute atomic E-state index is 0.283. The van der Waals surface area contributed by atoms with Crippen molar-refractivity contribution < 1.29 is 22.7 Å². The Kier molecular flexibility index (Phi) is 6.44. The van der Waals surface area contributed by atoms with Crippen molar-refractivity contribution in [3.8, 4) is 0 Å². The monoisotopic (exact) mass is 336 g/mol. The SMILES string of the molecule is CN(C(=O)[C@H](CC(C)(C)C)NC(=O)OC(C)(C)C)S(C)(=O)=O. The first-order valence-corrected chi connectivity index (χ1v) is 8.85. The Hall–Kier alpha value is -1.31. The van der Waals surface area contributed by atoms with Gasteiger partial charge in [-0.15, -0.1) is 0 Å². The quantitative estimate of drug-likeness (QED) is 0.844. The second-order valence-corrected chi connectivity index (χ2v) is 9.55. The molecule has 0 bridgehead atoms. The molecule has 0 aliphatic heterocycles. The van der Waals surface area contributed by atoms with Crippen LogP contribution in [0.2, 0.25) is 0 Å². The fourth-order valence-electron chi connectivity index (χ4n) is 1.65. The Bertz CT molecular complexity index is 514. The number of alkyl carbamates (subject to hydrolysis) is 1. The fraction of sp³-hybridized carbons (Fsp3) is 0.857. The van der Waals surface area contributed by atoms with Gasteiger partial charge >= 0.3 is 6.09 Å². The minimum Gasteiger partial charge on any atom is -0.444 e. The van der Waals surface area contributed by atoms with Crippen molar-refractivity contribution in [1.29, 1.82) is 0 Å². The van der Waals surface area contributed by atoms with Crippen LogP contribution in [0.5, 0.6) is 0 Å². The molecule has 0 saturated heterocycles. The molecule has 0 aromatic carbocycles. The lowest BCUT2D eigenvalue weighted by Gasteiger charge is -2.29. The van der Waals surface area contributed by atoms with E-state index in [-0.39, 0.29) is 11.8 Å². The Balaban J connectivity index is 5.23. The zero-order valence-corrected chi connectivity index (χ0v) is 15.5. The van der Waals surface area contributed by atoms with Crippen LogP contribution >= 0.6 is 0 Å². The summed E-state index contributed by atoms with van der Waals surface area (Å²) in [5.74, 6) is -0.691. The lowest BCUT2D eigenvalue weighted by atomic mass is 9.88. The van der Waals surface area contributed by atoms with Crippen LogP contribution in [0.3, 0.4) is 0 Å². The predicted molar refractivity (Wildman–Crippen MR) is 84.8 cm³/mol. The third kappa shape index (κ3) is 8.21. The first-order valence-electron chi connectivity index (χ1n) is 7.00. The molecule has 1 atom stereocenters. The van der Waals surface area contributed by atoms with E-state index in [9.17, 15) is 18.0 Å². The maximum absolute atomic E-state index is 12.3. The van der Waals surface area contributed by atoms with Crippen LogP contribution in [0.25, 0.3) is 0 Å². The van der Waals surface area contributed by atoms with Gasteiger partial charge in [0.1, 0.15) is 11.6 Å². The predicted octanol–water partition coefficient (Wildman–Crippen LogP) is 1.73. The summed E-state index contributed by atoms with van der Waals surface area (Å²) in [6, 6.07) is -0.977. The van der Waals surface area contributed by atoms with E-state index in [1.165, 1.54) is 7.05 Å². The summed E-state index contributed by atoms with van der Waals surface area (Å²) < 4.78 is 28.8. The minimum atomic E-state index is -3.68. The summed E-state index contributed by atoms with van der Waals surface area (Å²) >= 11 is 0. The molecular formula is C14H28N2O5S. The van der Waals surface area contributed by atoms with Gasteiger partial charge in [-0.2, -0.15) is 0 Å². The second kappa shape index (κ2) is 6.85. The van der Waals surface area contributed by atoms with E-state index in [4.69, 9.17) is 4.74 Å². The summed E-state index contributed by atoms with van der Waals surface area (Å²) in [4.78, 5) is 24.2. The van der Waals surface area contributed by atoms with Gasteiger partial charge in [0.25, 0.3) is 5.91 Å². The van der Waals surface area contributed by atoms with Crippen LogP contribution in [-0.4, -0.2) is 49.7 Å². The summed E-state index contributed by atoms with van der Waals surface area (Å²) in [7, 11) is -2.51. The van der Waals surface area contributed by atoms with E-state index >= 15 is 0 Å². The molecule has 0 heterocycles. The standard InChI is InChI=1S/C14H28N2O5S/c1-13(2,3)9-10(11(17)16(7)22(8,19)20)15-12(18)21-14(4,5)6/h10H,9H2,1-8H3,(H,15,18)/t10-/m0/s1. The largest absolute Gasteiger partial charge is 0.444 e. The first-order chi connectivity index (χ1) is 9.53. The fourth-order valence-corrected chi connectivity index (χ4v) is 2.10. The highest BCUT2D eigenvalue weighted by Crippen LogP contribution is 2.22. The van der Waals surface area contributed by atoms with Crippen LogP contribution in [-0.2, 0) is 19.6 Å². The number of nitrogens with zero attached hydrogens (tertiary/aromatic N) is 1.